The van der Waals surface area contributed by atoms with Gasteiger partial charge in [-0.3, -0.25) is 0 Å². The van der Waals surface area contributed by atoms with E-state index < -0.39 is 0 Å². The Hall–Kier alpha value is -1.08. The number of halogens is 1. The topological polar surface area (TPSA) is 62.7 Å². The molecule has 3 nitrogen and oxygen atoms in total. The number of anilines is 1. The van der Waals surface area contributed by atoms with E-state index in [-0.39, 0.29) is 0 Å². The molecule has 1 rings (SSSR count). The first-order chi connectivity index (χ1) is 5.15. The van der Waals surface area contributed by atoms with Crippen LogP contribution in [-0.4, -0.2) is 4.98 Å². The fourth-order valence-electron chi connectivity index (χ4n) is 0.713. The molecule has 0 aliphatic carbocycles. The highest BCUT2D eigenvalue weighted by molar-refractivity contribution is 9.10. The average Bonchev–Trinajstić information content (AvgIpc) is 1.97. The van der Waals surface area contributed by atoms with Crippen LogP contribution < -0.4 is 5.73 Å². The quantitative estimate of drug-likeness (QED) is 0.710. The van der Waals surface area contributed by atoms with Gasteiger partial charge < -0.3 is 5.73 Å². The van der Waals surface area contributed by atoms with Gasteiger partial charge >= 0.3 is 0 Å². The standard InChI is InChI=1S/C7H6BrN3/c1-4-5(3-9)2-6(8)7(10)11-4/h2H,1H3,(H2,10,11). The Balaban J connectivity index is 3.35. The molecule has 0 fully saturated rings. The van der Waals surface area contributed by atoms with Crippen molar-refractivity contribution in [2.45, 2.75) is 6.92 Å². The van der Waals surface area contributed by atoms with Gasteiger partial charge in [0.25, 0.3) is 0 Å². The zero-order valence-corrected chi connectivity index (χ0v) is 7.51. The lowest BCUT2D eigenvalue weighted by molar-refractivity contribution is 1.18. The zero-order chi connectivity index (χ0) is 8.43. The van der Waals surface area contributed by atoms with Gasteiger partial charge in [-0.15, -0.1) is 0 Å². The molecule has 0 bridgehead atoms. The lowest BCUT2D eigenvalue weighted by atomic mass is 10.2. The van der Waals surface area contributed by atoms with Crippen molar-refractivity contribution in [3.8, 4) is 6.07 Å². The van der Waals surface area contributed by atoms with E-state index in [0.29, 0.717) is 21.5 Å². The van der Waals surface area contributed by atoms with E-state index in [9.17, 15) is 0 Å². The maximum atomic E-state index is 8.58. The molecule has 0 amide bonds. The highest BCUT2D eigenvalue weighted by Crippen LogP contribution is 2.19. The van der Waals surface area contributed by atoms with Crippen molar-refractivity contribution in [1.82, 2.24) is 4.98 Å². The van der Waals surface area contributed by atoms with E-state index in [0.717, 1.165) is 0 Å². The Bertz CT molecular complexity index is 327. The number of hydrogen-bond donors (Lipinski definition) is 1. The van der Waals surface area contributed by atoms with Crippen molar-refractivity contribution in [3.05, 3.63) is 21.8 Å². The predicted octanol–water partition coefficient (Wildman–Crippen LogP) is 1.61. The van der Waals surface area contributed by atoms with Crippen LogP contribution in [0.3, 0.4) is 0 Å². The summed E-state index contributed by atoms with van der Waals surface area (Å²) in [7, 11) is 0. The Labute approximate surface area is 73.0 Å². The van der Waals surface area contributed by atoms with Gasteiger partial charge in [0.05, 0.1) is 15.7 Å². The molecule has 1 aromatic rings. The van der Waals surface area contributed by atoms with Gasteiger partial charge in [-0.25, -0.2) is 4.98 Å². The van der Waals surface area contributed by atoms with Crippen molar-refractivity contribution in [2.75, 3.05) is 5.73 Å². The van der Waals surface area contributed by atoms with E-state index in [4.69, 9.17) is 11.0 Å². The molecule has 0 saturated heterocycles. The molecule has 2 N–H and O–H groups in total. The monoisotopic (exact) mass is 211 g/mol. The summed E-state index contributed by atoms with van der Waals surface area (Å²) in [6.45, 7) is 1.75. The van der Waals surface area contributed by atoms with Crippen LogP contribution in [0.4, 0.5) is 5.82 Å². The summed E-state index contributed by atoms with van der Waals surface area (Å²) in [5, 5.41) is 8.58. The number of nitriles is 1. The SMILES string of the molecule is Cc1nc(N)c(Br)cc1C#N. The van der Waals surface area contributed by atoms with Crippen LogP contribution in [0.5, 0.6) is 0 Å². The number of nitrogen functional groups attached to an aromatic ring is 1. The minimum absolute atomic E-state index is 0.418. The van der Waals surface area contributed by atoms with E-state index in [1.54, 1.807) is 13.0 Å². The molecule has 0 atom stereocenters. The largest absolute Gasteiger partial charge is 0.383 e. The summed E-state index contributed by atoms with van der Waals surface area (Å²) >= 11 is 3.18. The highest BCUT2D eigenvalue weighted by atomic mass is 79.9. The Kier molecular flexibility index (Phi) is 2.11. The molecule has 1 aromatic heterocycles. The highest BCUT2D eigenvalue weighted by Gasteiger charge is 2.02. The third kappa shape index (κ3) is 1.49. The van der Waals surface area contributed by atoms with E-state index >= 15 is 0 Å². The summed E-state index contributed by atoms with van der Waals surface area (Å²) in [5.74, 6) is 0.418. The smallest absolute Gasteiger partial charge is 0.138 e. The summed E-state index contributed by atoms with van der Waals surface area (Å²) in [6, 6.07) is 3.68. The first-order valence-electron chi connectivity index (χ1n) is 2.98. The van der Waals surface area contributed by atoms with E-state index in [1.165, 1.54) is 0 Å². The predicted molar refractivity (Wildman–Crippen MR) is 45.8 cm³/mol. The van der Waals surface area contributed by atoms with Gasteiger partial charge in [0.15, 0.2) is 0 Å². The van der Waals surface area contributed by atoms with Gasteiger partial charge in [-0.2, -0.15) is 5.26 Å². The van der Waals surface area contributed by atoms with Gasteiger partial charge in [-0.05, 0) is 28.9 Å². The summed E-state index contributed by atoms with van der Waals surface area (Å²) < 4.78 is 0.666. The van der Waals surface area contributed by atoms with Crippen LogP contribution in [-0.2, 0) is 0 Å². The second-order valence-corrected chi connectivity index (χ2v) is 2.95. The first-order valence-corrected chi connectivity index (χ1v) is 3.77. The number of nitrogens with two attached hydrogens (primary N) is 1. The van der Waals surface area contributed by atoms with Gasteiger partial charge in [0, 0.05) is 0 Å². The molecule has 4 heteroatoms. The minimum atomic E-state index is 0.418. The number of aryl methyl sites for hydroxylation is 1. The van der Waals surface area contributed by atoms with Crippen molar-refractivity contribution >= 4 is 21.7 Å². The fraction of sp³-hybridized carbons (Fsp3) is 0.143. The molecule has 0 aliphatic rings. The molecule has 0 saturated carbocycles. The van der Waals surface area contributed by atoms with Crippen LogP contribution in [0, 0.1) is 18.3 Å². The normalized spacial score (nSPS) is 9.18. The summed E-state index contributed by atoms with van der Waals surface area (Å²) in [6.07, 6.45) is 0. The third-order valence-electron chi connectivity index (χ3n) is 1.31. The minimum Gasteiger partial charge on any atom is -0.383 e. The second-order valence-electron chi connectivity index (χ2n) is 2.10. The van der Waals surface area contributed by atoms with E-state index in [2.05, 4.69) is 20.9 Å². The van der Waals surface area contributed by atoms with Crippen LogP contribution in [0.15, 0.2) is 10.5 Å². The molecule has 56 valence electrons. The Morgan fingerprint density at radius 2 is 2.36 bits per heavy atom. The van der Waals surface area contributed by atoms with Crippen molar-refractivity contribution in [3.63, 3.8) is 0 Å². The summed E-state index contributed by atoms with van der Waals surface area (Å²) in [5.41, 5.74) is 6.68. The van der Waals surface area contributed by atoms with Crippen LogP contribution >= 0.6 is 15.9 Å². The Morgan fingerprint density at radius 1 is 1.73 bits per heavy atom. The number of nitrogens with zero attached hydrogens (tertiary/aromatic N) is 2. The van der Waals surface area contributed by atoms with E-state index in [1.807, 2.05) is 6.07 Å². The van der Waals surface area contributed by atoms with Gasteiger partial charge in [0.1, 0.15) is 11.9 Å². The third-order valence-corrected chi connectivity index (χ3v) is 1.95. The molecule has 1 heterocycles. The molecule has 0 unspecified atom stereocenters. The fourth-order valence-corrected chi connectivity index (χ4v) is 1.03. The van der Waals surface area contributed by atoms with Gasteiger partial charge in [0.2, 0.25) is 0 Å². The molecule has 0 aliphatic heterocycles. The lowest BCUT2D eigenvalue weighted by Crippen LogP contribution is -1.96. The van der Waals surface area contributed by atoms with Gasteiger partial charge in [-0.1, -0.05) is 0 Å². The van der Waals surface area contributed by atoms with Crippen molar-refractivity contribution < 1.29 is 0 Å². The maximum Gasteiger partial charge on any atom is 0.138 e. The summed E-state index contributed by atoms with van der Waals surface area (Å²) in [4.78, 5) is 3.95. The number of hydrogen-bond acceptors (Lipinski definition) is 3. The molecule has 11 heavy (non-hydrogen) atoms. The number of aromatic nitrogens is 1. The van der Waals surface area contributed by atoms with Crippen LogP contribution in [0.2, 0.25) is 0 Å². The maximum absolute atomic E-state index is 8.58. The Morgan fingerprint density at radius 3 is 2.91 bits per heavy atom. The first kappa shape index (κ1) is 8.02. The van der Waals surface area contributed by atoms with Crippen LogP contribution in [0.1, 0.15) is 11.3 Å². The molecular weight excluding hydrogens is 206 g/mol. The van der Waals surface area contributed by atoms with Crippen molar-refractivity contribution in [2.24, 2.45) is 0 Å². The number of pyridine rings is 1. The molecule has 0 spiro atoms. The lowest BCUT2D eigenvalue weighted by Gasteiger charge is -1.99. The zero-order valence-electron chi connectivity index (χ0n) is 5.93. The number of rotatable bonds is 0. The molecule has 0 radical (unpaired) electrons. The van der Waals surface area contributed by atoms with Crippen LogP contribution in [0.25, 0.3) is 0 Å². The molecule has 0 aromatic carbocycles. The second kappa shape index (κ2) is 2.89. The molecular formula is C7H6BrN3. The van der Waals surface area contributed by atoms with Crippen molar-refractivity contribution in [1.29, 1.82) is 5.26 Å². The average molecular weight is 212 g/mol.